The van der Waals surface area contributed by atoms with Gasteiger partial charge in [0.15, 0.2) is 0 Å². The summed E-state index contributed by atoms with van der Waals surface area (Å²) in [5.41, 5.74) is 1.71. The molecule has 0 radical (unpaired) electrons. The number of nitrogens with zero attached hydrogens (tertiary/aromatic N) is 1. The van der Waals surface area contributed by atoms with E-state index in [9.17, 15) is 0 Å². The average molecular weight is 232 g/mol. The van der Waals surface area contributed by atoms with Gasteiger partial charge in [-0.05, 0) is 37.6 Å². The summed E-state index contributed by atoms with van der Waals surface area (Å²) in [5.74, 6) is 0.692. The van der Waals surface area contributed by atoms with E-state index in [1.165, 1.54) is 0 Å². The number of nitriles is 1. The van der Waals surface area contributed by atoms with Crippen molar-refractivity contribution in [3.8, 4) is 11.8 Å². The Bertz CT molecular complexity index is 394. The van der Waals surface area contributed by atoms with E-state index in [4.69, 9.17) is 10.00 Å². The minimum absolute atomic E-state index is 0.503. The predicted octanol–water partition coefficient (Wildman–Crippen LogP) is 2.63. The second kappa shape index (κ2) is 6.93. The number of hydrogen-bond donors (Lipinski definition) is 1. The molecule has 0 heterocycles. The number of rotatable bonds is 6. The molecule has 0 aliphatic carbocycles. The molecule has 1 N–H and O–H groups in total. The zero-order valence-electron chi connectivity index (χ0n) is 10.8. The summed E-state index contributed by atoms with van der Waals surface area (Å²) in [7, 11) is 0. The van der Waals surface area contributed by atoms with Gasteiger partial charge in [-0.1, -0.05) is 19.9 Å². The van der Waals surface area contributed by atoms with Crippen molar-refractivity contribution in [3.05, 3.63) is 29.3 Å². The van der Waals surface area contributed by atoms with E-state index in [-0.39, 0.29) is 0 Å². The van der Waals surface area contributed by atoms with Gasteiger partial charge in [-0.15, -0.1) is 0 Å². The minimum atomic E-state index is 0.503. The van der Waals surface area contributed by atoms with Crippen LogP contribution in [0.3, 0.4) is 0 Å². The maximum atomic E-state index is 8.94. The summed E-state index contributed by atoms with van der Waals surface area (Å²) in [5, 5.41) is 12.3. The highest BCUT2D eigenvalue weighted by atomic mass is 16.5. The van der Waals surface area contributed by atoms with E-state index in [0.717, 1.165) is 18.5 Å². The van der Waals surface area contributed by atoms with E-state index < -0.39 is 0 Å². The molecule has 0 aliphatic heterocycles. The zero-order valence-corrected chi connectivity index (χ0v) is 10.8. The molecule has 0 saturated carbocycles. The lowest BCUT2D eigenvalue weighted by Crippen LogP contribution is -2.24. The molecule has 0 amide bonds. The molecule has 0 bridgehead atoms. The van der Waals surface area contributed by atoms with Crippen LogP contribution in [0.25, 0.3) is 0 Å². The Hall–Kier alpha value is -1.53. The molecule has 92 valence electrons. The van der Waals surface area contributed by atoms with E-state index >= 15 is 0 Å². The standard InChI is InChI=1S/C14H20N2O/c1-11(2)16-7-4-8-17-14-9-12(3)5-6-13(14)10-15/h5-6,9,11,16H,4,7-8H2,1-3H3. The summed E-state index contributed by atoms with van der Waals surface area (Å²) in [6, 6.07) is 8.28. The van der Waals surface area contributed by atoms with Crippen LogP contribution >= 0.6 is 0 Å². The SMILES string of the molecule is Cc1ccc(C#N)c(OCCCNC(C)C)c1. The van der Waals surface area contributed by atoms with Gasteiger partial charge < -0.3 is 10.1 Å². The zero-order chi connectivity index (χ0) is 12.7. The average Bonchev–Trinajstić information content (AvgIpc) is 2.28. The predicted molar refractivity (Wildman–Crippen MR) is 69.1 cm³/mol. The topological polar surface area (TPSA) is 45.0 Å². The first-order valence-corrected chi connectivity index (χ1v) is 6.00. The number of benzene rings is 1. The highest BCUT2D eigenvalue weighted by Crippen LogP contribution is 2.19. The van der Waals surface area contributed by atoms with E-state index in [1.807, 2.05) is 19.1 Å². The van der Waals surface area contributed by atoms with Crippen molar-refractivity contribution in [1.82, 2.24) is 5.32 Å². The molecule has 0 unspecified atom stereocenters. The van der Waals surface area contributed by atoms with Crippen molar-refractivity contribution in [2.24, 2.45) is 0 Å². The van der Waals surface area contributed by atoms with Crippen molar-refractivity contribution < 1.29 is 4.74 Å². The van der Waals surface area contributed by atoms with Crippen LogP contribution in [0.5, 0.6) is 5.75 Å². The molecule has 0 aliphatic rings. The van der Waals surface area contributed by atoms with E-state index in [1.54, 1.807) is 6.07 Å². The van der Waals surface area contributed by atoms with Gasteiger partial charge >= 0.3 is 0 Å². The molecule has 0 fully saturated rings. The van der Waals surface area contributed by atoms with E-state index in [0.29, 0.717) is 24.0 Å². The Balaban J connectivity index is 2.41. The summed E-state index contributed by atoms with van der Waals surface area (Å²) in [6.45, 7) is 7.81. The molecule has 17 heavy (non-hydrogen) atoms. The van der Waals surface area contributed by atoms with Gasteiger partial charge in [0.2, 0.25) is 0 Å². The van der Waals surface area contributed by atoms with Crippen LogP contribution in [0, 0.1) is 18.3 Å². The third-order valence-corrected chi connectivity index (χ3v) is 2.39. The van der Waals surface area contributed by atoms with E-state index in [2.05, 4.69) is 25.2 Å². The van der Waals surface area contributed by atoms with Gasteiger partial charge in [0.1, 0.15) is 11.8 Å². The van der Waals surface area contributed by atoms with Crippen molar-refractivity contribution in [3.63, 3.8) is 0 Å². The van der Waals surface area contributed by atoms with Crippen molar-refractivity contribution in [1.29, 1.82) is 5.26 Å². The van der Waals surface area contributed by atoms with Crippen LogP contribution in [0.15, 0.2) is 18.2 Å². The summed E-state index contributed by atoms with van der Waals surface area (Å²) < 4.78 is 5.63. The van der Waals surface area contributed by atoms with Crippen LogP contribution in [-0.4, -0.2) is 19.2 Å². The fourth-order valence-electron chi connectivity index (χ4n) is 1.49. The van der Waals surface area contributed by atoms with Crippen LogP contribution in [0.2, 0.25) is 0 Å². The van der Waals surface area contributed by atoms with Gasteiger partial charge in [0.05, 0.1) is 12.2 Å². The molecular formula is C14H20N2O. The largest absolute Gasteiger partial charge is 0.492 e. The fourth-order valence-corrected chi connectivity index (χ4v) is 1.49. The Morgan fingerprint density at radius 1 is 1.41 bits per heavy atom. The summed E-state index contributed by atoms with van der Waals surface area (Å²) in [4.78, 5) is 0. The minimum Gasteiger partial charge on any atom is -0.492 e. The summed E-state index contributed by atoms with van der Waals surface area (Å²) in [6.07, 6.45) is 0.941. The lowest BCUT2D eigenvalue weighted by atomic mass is 10.1. The number of hydrogen-bond acceptors (Lipinski definition) is 3. The molecule has 1 rings (SSSR count). The first-order chi connectivity index (χ1) is 8.13. The molecule has 1 aromatic carbocycles. The van der Waals surface area contributed by atoms with Crippen LogP contribution in [-0.2, 0) is 0 Å². The summed E-state index contributed by atoms with van der Waals surface area (Å²) >= 11 is 0. The van der Waals surface area contributed by atoms with Crippen LogP contribution in [0.1, 0.15) is 31.4 Å². The third kappa shape index (κ3) is 4.88. The lowest BCUT2D eigenvalue weighted by Gasteiger charge is -2.10. The maximum absolute atomic E-state index is 8.94. The first kappa shape index (κ1) is 13.5. The Morgan fingerprint density at radius 3 is 2.82 bits per heavy atom. The van der Waals surface area contributed by atoms with Crippen LogP contribution in [0.4, 0.5) is 0 Å². The van der Waals surface area contributed by atoms with Crippen molar-refractivity contribution in [2.75, 3.05) is 13.2 Å². The highest BCUT2D eigenvalue weighted by Gasteiger charge is 2.03. The monoisotopic (exact) mass is 232 g/mol. The molecule has 3 nitrogen and oxygen atoms in total. The molecule has 0 spiro atoms. The van der Waals surface area contributed by atoms with Gasteiger partial charge in [0, 0.05) is 6.04 Å². The Morgan fingerprint density at radius 2 is 2.18 bits per heavy atom. The van der Waals surface area contributed by atoms with Crippen molar-refractivity contribution in [2.45, 2.75) is 33.2 Å². The Kier molecular flexibility index (Phi) is 5.51. The Labute approximate surface area is 103 Å². The van der Waals surface area contributed by atoms with Gasteiger partial charge in [-0.3, -0.25) is 0 Å². The number of ether oxygens (including phenoxy) is 1. The molecule has 0 atom stereocenters. The van der Waals surface area contributed by atoms with Crippen LogP contribution < -0.4 is 10.1 Å². The smallest absolute Gasteiger partial charge is 0.137 e. The molecule has 0 aromatic heterocycles. The van der Waals surface area contributed by atoms with Gasteiger partial charge in [-0.25, -0.2) is 0 Å². The normalized spacial score (nSPS) is 10.3. The third-order valence-electron chi connectivity index (χ3n) is 2.39. The second-order valence-corrected chi connectivity index (χ2v) is 4.42. The lowest BCUT2D eigenvalue weighted by molar-refractivity contribution is 0.305. The number of nitrogens with one attached hydrogen (secondary N) is 1. The molecule has 1 aromatic rings. The molecule has 3 heteroatoms. The molecule has 0 saturated heterocycles. The van der Waals surface area contributed by atoms with Gasteiger partial charge in [-0.2, -0.15) is 5.26 Å². The van der Waals surface area contributed by atoms with Crippen molar-refractivity contribution >= 4 is 0 Å². The second-order valence-electron chi connectivity index (χ2n) is 4.42. The highest BCUT2D eigenvalue weighted by molar-refractivity contribution is 5.44. The molecular weight excluding hydrogens is 212 g/mol. The van der Waals surface area contributed by atoms with Gasteiger partial charge in [0.25, 0.3) is 0 Å². The fraction of sp³-hybridized carbons (Fsp3) is 0.500. The quantitative estimate of drug-likeness (QED) is 0.767. The first-order valence-electron chi connectivity index (χ1n) is 6.00. The number of aryl methyl sites for hydroxylation is 1. The maximum Gasteiger partial charge on any atom is 0.137 e.